The van der Waals surface area contributed by atoms with Crippen LogP contribution in [0.4, 0.5) is 5.69 Å². The van der Waals surface area contributed by atoms with E-state index in [2.05, 4.69) is 29.4 Å². The summed E-state index contributed by atoms with van der Waals surface area (Å²) in [5.41, 5.74) is 8.64. The number of hydrogen-bond acceptors (Lipinski definition) is 4. The van der Waals surface area contributed by atoms with E-state index in [1.807, 2.05) is 29.8 Å². The average molecular weight is 231 g/mol. The van der Waals surface area contributed by atoms with Crippen molar-refractivity contribution in [2.75, 3.05) is 5.73 Å². The van der Waals surface area contributed by atoms with Gasteiger partial charge >= 0.3 is 0 Å². The number of anilines is 1. The summed E-state index contributed by atoms with van der Waals surface area (Å²) in [5, 5.41) is 11.8. The number of hydrogen-bond donors (Lipinski definition) is 1. The topological polar surface area (TPSA) is 69.6 Å². The highest BCUT2D eigenvalue weighted by molar-refractivity contribution is 5.61. The van der Waals surface area contributed by atoms with Crippen molar-refractivity contribution in [3.8, 4) is 11.4 Å². The molecule has 0 fully saturated rings. The highest BCUT2D eigenvalue weighted by atomic mass is 15.5. The zero-order valence-corrected chi connectivity index (χ0v) is 10.4. The molecule has 90 valence electrons. The fourth-order valence-corrected chi connectivity index (χ4v) is 1.70. The van der Waals surface area contributed by atoms with Crippen LogP contribution in [0.5, 0.6) is 0 Å². The number of benzene rings is 1. The molecule has 1 heterocycles. The second-order valence-electron chi connectivity index (χ2n) is 4.65. The first kappa shape index (κ1) is 11.6. The van der Waals surface area contributed by atoms with E-state index in [4.69, 9.17) is 5.73 Å². The van der Waals surface area contributed by atoms with Crippen molar-refractivity contribution in [3.05, 3.63) is 23.8 Å². The minimum atomic E-state index is 0.507. The Bertz CT molecular complexity index is 515. The van der Waals surface area contributed by atoms with Crippen LogP contribution in [0, 0.1) is 12.8 Å². The maximum absolute atomic E-state index is 5.80. The number of rotatable bonds is 3. The van der Waals surface area contributed by atoms with Crippen molar-refractivity contribution in [3.63, 3.8) is 0 Å². The van der Waals surface area contributed by atoms with Gasteiger partial charge in [-0.05, 0) is 47.0 Å². The number of aromatic nitrogens is 4. The number of nitrogens with zero attached hydrogens (tertiary/aromatic N) is 4. The molecule has 0 aliphatic heterocycles. The maximum Gasteiger partial charge on any atom is 0.182 e. The van der Waals surface area contributed by atoms with Crippen molar-refractivity contribution in [2.24, 2.45) is 5.92 Å². The molecule has 0 radical (unpaired) electrons. The number of tetrazole rings is 1. The van der Waals surface area contributed by atoms with Crippen molar-refractivity contribution in [2.45, 2.75) is 27.3 Å². The summed E-state index contributed by atoms with van der Waals surface area (Å²) in [6, 6.07) is 5.85. The van der Waals surface area contributed by atoms with E-state index in [1.54, 1.807) is 0 Å². The van der Waals surface area contributed by atoms with Crippen LogP contribution in [0.15, 0.2) is 18.2 Å². The molecule has 0 saturated carbocycles. The van der Waals surface area contributed by atoms with Crippen molar-refractivity contribution >= 4 is 5.69 Å². The van der Waals surface area contributed by atoms with Gasteiger partial charge in [-0.2, -0.15) is 0 Å². The smallest absolute Gasteiger partial charge is 0.182 e. The molecule has 5 heteroatoms. The van der Waals surface area contributed by atoms with E-state index in [9.17, 15) is 0 Å². The van der Waals surface area contributed by atoms with Gasteiger partial charge in [-0.15, -0.1) is 5.10 Å². The highest BCUT2D eigenvalue weighted by Crippen LogP contribution is 2.21. The zero-order chi connectivity index (χ0) is 12.4. The van der Waals surface area contributed by atoms with E-state index in [0.29, 0.717) is 5.92 Å². The van der Waals surface area contributed by atoms with E-state index in [1.165, 1.54) is 0 Å². The summed E-state index contributed by atoms with van der Waals surface area (Å²) in [6.07, 6.45) is 0. The summed E-state index contributed by atoms with van der Waals surface area (Å²) in [4.78, 5) is 0. The molecule has 2 N–H and O–H groups in total. The molecule has 0 atom stereocenters. The Balaban J connectivity index is 2.39. The number of aryl methyl sites for hydroxylation is 1. The second-order valence-corrected chi connectivity index (χ2v) is 4.65. The van der Waals surface area contributed by atoms with Gasteiger partial charge in [-0.1, -0.05) is 13.8 Å². The van der Waals surface area contributed by atoms with Gasteiger partial charge < -0.3 is 5.73 Å². The van der Waals surface area contributed by atoms with Crippen LogP contribution in [0.2, 0.25) is 0 Å². The Morgan fingerprint density at radius 3 is 2.76 bits per heavy atom. The Morgan fingerprint density at radius 2 is 2.12 bits per heavy atom. The van der Waals surface area contributed by atoms with Gasteiger partial charge in [0.25, 0.3) is 0 Å². The Hall–Kier alpha value is -1.91. The van der Waals surface area contributed by atoms with E-state index < -0.39 is 0 Å². The molecule has 0 bridgehead atoms. The Labute approximate surface area is 101 Å². The van der Waals surface area contributed by atoms with Gasteiger partial charge in [0.1, 0.15) is 0 Å². The maximum atomic E-state index is 5.80. The minimum absolute atomic E-state index is 0.507. The van der Waals surface area contributed by atoms with Crippen LogP contribution in [0.1, 0.15) is 19.4 Å². The van der Waals surface area contributed by atoms with Gasteiger partial charge in [-0.25, -0.2) is 4.68 Å². The lowest BCUT2D eigenvalue weighted by Gasteiger charge is -2.08. The van der Waals surface area contributed by atoms with Crippen LogP contribution in [0.3, 0.4) is 0 Å². The third kappa shape index (κ3) is 2.43. The fourth-order valence-electron chi connectivity index (χ4n) is 1.70. The quantitative estimate of drug-likeness (QED) is 0.819. The second kappa shape index (κ2) is 4.53. The average Bonchev–Trinajstić information content (AvgIpc) is 2.69. The van der Waals surface area contributed by atoms with Gasteiger partial charge in [0, 0.05) is 17.8 Å². The third-order valence-corrected chi connectivity index (χ3v) is 2.60. The standard InChI is InChI=1S/C12H17N5/c1-8(2)7-17-12(14-15-16-17)10-4-5-11(13)9(3)6-10/h4-6,8H,7,13H2,1-3H3. The predicted molar refractivity (Wildman–Crippen MR) is 67.2 cm³/mol. The van der Waals surface area contributed by atoms with Gasteiger partial charge in [0.05, 0.1) is 0 Å². The molecule has 0 saturated heterocycles. The first-order chi connectivity index (χ1) is 8.08. The fraction of sp³-hybridized carbons (Fsp3) is 0.417. The Kier molecular flexibility index (Phi) is 3.08. The lowest BCUT2D eigenvalue weighted by molar-refractivity contribution is 0.475. The van der Waals surface area contributed by atoms with Crippen LogP contribution in [-0.4, -0.2) is 20.2 Å². The predicted octanol–water partition coefficient (Wildman–Crippen LogP) is 1.89. The van der Waals surface area contributed by atoms with Gasteiger partial charge in [0.15, 0.2) is 5.82 Å². The monoisotopic (exact) mass is 231 g/mol. The highest BCUT2D eigenvalue weighted by Gasteiger charge is 2.10. The van der Waals surface area contributed by atoms with Crippen LogP contribution in [0.25, 0.3) is 11.4 Å². The molecule has 0 aliphatic carbocycles. The molecule has 17 heavy (non-hydrogen) atoms. The molecule has 0 unspecified atom stereocenters. The van der Waals surface area contributed by atoms with Crippen LogP contribution >= 0.6 is 0 Å². The number of nitrogens with two attached hydrogens (primary N) is 1. The summed E-state index contributed by atoms with van der Waals surface area (Å²) in [7, 11) is 0. The molecule has 2 aromatic rings. The molecule has 5 nitrogen and oxygen atoms in total. The van der Waals surface area contributed by atoms with Crippen LogP contribution < -0.4 is 5.73 Å². The molecule has 0 aliphatic rings. The van der Waals surface area contributed by atoms with Crippen molar-refractivity contribution in [1.29, 1.82) is 0 Å². The SMILES string of the molecule is Cc1cc(-c2nnnn2CC(C)C)ccc1N. The van der Waals surface area contributed by atoms with Gasteiger partial charge in [0.2, 0.25) is 0 Å². The summed E-state index contributed by atoms with van der Waals surface area (Å²) < 4.78 is 1.83. The minimum Gasteiger partial charge on any atom is -0.399 e. The zero-order valence-electron chi connectivity index (χ0n) is 10.4. The molecule has 1 aromatic heterocycles. The third-order valence-electron chi connectivity index (χ3n) is 2.60. The lowest BCUT2D eigenvalue weighted by atomic mass is 10.1. The van der Waals surface area contributed by atoms with E-state index in [0.717, 1.165) is 29.2 Å². The van der Waals surface area contributed by atoms with E-state index >= 15 is 0 Å². The van der Waals surface area contributed by atoms with Crippen molar-refractivity contribution < 1.29 is 0 Å². The Morgan fingerprint density at radius 1 is 1.35 bits per heavy atom. The summed E-state index contributed by atoms with van der Waals surface area (Å²) >= 11 is 0. The molecular weight excluding hydrogens is 214 g/mol. The largest absolute Gasteiger partial charge is 0.399 e. The number of nitrogen functional groups attached to an aromatic ring is 1. The molecule has 1 aromatic carbocycles. The first-order valence-corrected chi connectivity index (χ1v) is 5.70. The molecule has 0 spiro atoms. The summed E-state index contributed by atoms with van der Waals surface area (Å²) in [6.45, 7) is 7.07. The molecule has 2 rings (SSSR count). The molecular formula is C12H17N5. The normalized spacial score (nSPS) is 11.1. The van der Waals surface area contributed by atoms with Crippen molar-refractivity contribution in [1.82, 2.24) is 20.2 Å². The first-order valence-electron chi connectivity index (χ1n) is 5.70. The summed E-state index contributed by atoms with van der Waals surface area (Å²) in [5.74, 6) is 1.30. The van der Waals surface area contributed by atoms with Gasteiger partial charge in [-0.3, -0.25) is 0 Å². The van der Waals surface area contributed by atoms with E-state index in [-0.39, 0.29) is 0 Å². The lowest BCUT2D eigenvalue weighted by Crippen LogP contribution is -2.08. The molecule has 0 amide bonds. The van der Waals surface area contributed by atoms with Crippen LogP contribution in [-0.2, 0) is 6.54 Å².